The molecular formula is C15H20N4OS. The Morgan fingerprint density at radius 3 is 2.62 bits per heavy atom. The molecule has 1 heterocycles. The molecule has 21 heavy (non-hydrogen) atoms. The summed E-state index contributed by atoms with van der Waals surface area (Å²) < 4.78 is 0. The number of nitrogens with two attached hydrogens (primary N) is 1. The summed E-state index contributed by atoms with van der Waals surface area (Å²) in [5.74, 6) is 0.0227. The van der Waals surface area contributed by atoms with E-state index < -0.39 is 0 Å². The third-order valence-electron chi connectivity index (χ3n) is 3.04. The standard InChI is InChI=1S/C15H20N4OS/c1-8(2)17-15-19-13(16)12(21-15)14(20)18-11-6-5-9(3)10(4)7-11/h5-8H,16H2,1-4H3,(H,17,19)(H,18,20). The molecule has 2 rings (SSSR count). The molecule has 1 aromatic heterocycles. The number of aryl methyl sites for hydroxylation is 2. The van der Waals surface area contributed by atoms with Crippen LogP contribution in [-0.4, -0.2) is 16.9 Å². The summed E-state index contributed by atoms with van der Waals surface area (Å²) in [4.78, 5) is 16.9. The number of hydrogen-bond donors (Lipinski definition) is 3. The quantitative estimate of drug-likeness (QED) is 0.808. The number of thiazole rings is 1. The van der Waals surface area contributed by atoms with E-state index in [2.05, 4.69) is 15.6 Å². The second kappa shape index (κ2) is 6.13. The van der Waals surface area contributed by atoms with Gasteiger partial charge in [0.2, 0.25) is 0 Å². The van der Waals surface area contributed by atoms with Crippen molar-refractivity contribution in [1.82, 2.24) is 4.98 Å². The molecule has 0 atom stereocenters. The number of amides is 1. The second-order valence-corrected chi connectivity index (χ2v) is 6.28. The van der Waals surface area contributed by atoms with Gasteiger partial charge in [0.25, 0.3) is 5.91 Å². The molecule has 1 aromatic carbocycles. The Morgan fingerprint density at radius 2 is 2.00 bits per heavy atom. The van der Waals surface area contributed by atoms with Crippen molar-refractivity contribution >= 4 is 33.9 Å². The number of benzene rings is 1. The van der Waals surface area contributed by atoms with E-state index in [0.717, 1.165) is 11.3 Å². The fourth-order valence-corrected chi connectivity index (χ4v) is 2.74. The molecule has 0 spiro atoms. The van der Waals surface area contributed by atoms with Crippen LogP contribution in [0.15, 0.2) is 18.2 Å². The zero-order chi connectivity index (χ0) is 15.6. The van der Waals surface area contributed by atoms with Crippen LogP contribution in [0.4, 0.5) is 16.6 Å². The van der Waals surface area contributed by atoms with Crippen LogP contribution in [0.25, 0.3) is 0 Å². The maximum Gasteiger partial charge on any atom is 0.269 e. The summed E-state index contributed by atoms with van der Waals surface area (Å²) in [6, 6.07) is 6.04. The highest BCUT2D eigenvalue weighted by Crippen LogP contribution is 2.26. The Hall–Kier alpha value is -2.08. The van der Waals surface area contributed by atoms with Crippen molar-refractivity contribution in [3.05, 3.63) is 34.2 Å². The first-order valence-electron chi connectivity index (χ1n) is 6.78. The number of carbonyl (C=O) groups excluding carboxylic acids is 1. The van der Waals surface area contributed by atoms with Crippen molar-refractivity contribution in [2.45, 2.75) is 33.7 Å². The van der Waals surface area contributed by atoms with Gasteiger partial charge in [0, 0.05) is 11.7 Å². The van der Waals surface area contributed by atoms with Crippen LogP contribution in [0, 0.1) is 13.8 Å². The maximum absolute atomic E-state index is 12.3. The molecule has 0 aliphatic heterocycles. The normalized spacial score (nSPS) is 10.7. The molecule has 6 heteroatoms. The highest BCUT2D eigenvalue weighted by Gasteiger charge is 2.16. The lowest BCUT2D eigenvalue weighted by molar-refractivity contribution is 0.103. The predicted octanol–water partition coefficient (Wildman–Crippen LogP) is 3.41. The van der Waals surface area contributed by atoms with Crippen LogP contribution in [0.1, 0.15) is 34.6 Å². The number of carbonyl (C=O) groups is 1. The number of nitrogens with zero attached hydrogens (tertiary/aromatic N) is 1. The van der Waals surface area contributed by atoms with Crippen molar-refractivity contribution in [3.63, 3.8) is 0 Å². The Kier molecular flexibility index (Phi) is 4.47. The minimum absolute atomic E-state index is 0.231. The average Bonchev–Trinajstić information content (AvgIpc) is 2.74. The fraction of sp³-hybridized carbons (Fsp3) is 0.333. The number of nitrogens with one attached hydrogen (secondary N) is 2. The molecule has 0 radical (unpaired) electrons. The van der Waals surface area contributed by atoms with E-state index in [1.54, 1.807) is 0 Å². The van der Waals surface area contributed by atoms with E-state index in [1.165, 1.54) is 16.9 Å². The molecule has 2 aromatic rings. The van der Waals surface area contributed by atoms with E-state index in [1.807, 2.05) is 45.9 Å². The van der Waals surface area contributed by atoms with E-state index in [0.29, 0.717) is 10.0 Å². The Bertz CT molecular complexity index is 664. The van der Waals surface area contributed by atoms with Crippen LogP contribution in [0.5, 0.6) is 0 Å². The molecule has 112 valence electrons. The van der Waals surface area contributed by atoms with Crippen LogP contribution in [0.2, 0.25) is 0 Å². The molecule has 0 aliphatic carbocycles. The van der Waals surface area contributed by atoms with Crippen LogP contribution in [0.3, 0.4) is 0 Å². The first kappa shape index (κ1) is 15.3. The zero-order valence-electron chi connectivity index (χ0n) is 12.7. The predicted molar refractivity (Wildman–Crippen MR) is 89.2 cm³/mol. The highest BCUT2D eigenvalue weighted by atomic mass is 32.1. The van der Waals surface area contributed by atoms with Crippen molar-refractivity contribution in [3.8, 4) is 0 Å². The van der Waals surface area contributed by atoms with Gasteiger partial charge in [-0.05, 0) is 51.0 Å². The lowest BCUT2D eigenvalue weighted by Crippen LogP contribution is -2.12. The smallest absolute Gasteiger partial charge is 0.269 e. The van der Waals surface area contributed by atoms with Crippen molar-refractivity contribution < 1.29 is 4.79 Å². The Balaban J connectivity index is 2.16. The van der Waals surface area contributed by atoms with Gasteiger partial charge in [0.15, 0.2) is 5.13 Å². The van der Waals surface area contributed by atoms with Gasteiger partial charge in [-0.1, -0.05) is 17.4 Å². The molecule has 4 N–H and O–H groups in total. The number of anilines is 3. The molecule has 0 unspecified atom stereocenters. The first-order valence-corrected chi connectivity index (χ1v) is 7.60. The van der Waals surface area contributed by atoms with E-state index >= 15 is 0 Å². The lowest BCUT2D eigenvalue weighted by atomic mass is 10.1. The van der Waals surface area contributed by atoms with Crippen molar-refractivity contribution in [1.29, 1.82) is 0 Å². The van der Waals surface area contributed by atoms with E-state index in [4.69, 9.17) is 5.73 Å². The minimum Gasteiger partial charge on any atom is -0.382 e. The maximum atomic E-state index is 12.3. The molecule has 5 nitrogen and oxygen atoms in total. The lowest BCUT2D eigenvalue weighted by Gasteiger charge is -2.06. The molecule has 0 saturated carbocycles. The minimum atomic E-state index is -0.231. The third kappa shape index (κ3) is 3.72. The van der Waals surface area contributed by atoms with E-state index in [9.17, 15) is 4.79 Å². The summed E-state index contributed by atoms with van der Waals surface area (Å²) in [5.41, 5.74) is 8.90. The highest BCUT2D eigenvalue weighted by molar-refractivity contribution is 7.18. The van der Waals surface area contributed by atoms with Gasteiger partial charge in [-0.3, -0.25) is 4.79 Å². The summed E-state index contributed by atoms with van der Waals surface area (Å²) in [7, 11) is 0. The van der Waals surface area contributed by atoms with Crippen LogP contribution < -0.4 is 16.4 Å². The van der Waals surface area contributed by atoms with Crippen LogP contribution >= 0.6 is 11.3 Å². The van der Waals surface area contributed by atoms with E-state index in [-0.39, 0.29) is 17.8 Å². The van der Waals surface area contributed by atoms with Crippen LogP contribution in [-0.2, 0) is 0 Å². The number of aromatic nitrogens is 1. The number of nitrogen functional groups attached to an aromatic ring is 1. The van der Waals surface area contributed by atoms with Gasteiger partial charge in [0.1, 0.15) is 10.7 Å². The molecule has 0 bridgehead atoms. The summed E-state index contributed by atoms with van der Waals surface area (Å²) >= 11 is 1.26. The van der Waals surface area contributed by atoms with Gasteiger partial charge in [-0.2, -0.15) is 0 Å². The van der Waals surface area contributed by atoms with Crippen molar-refractivity contribution in [2.75, 3.05) is 16.4 Å². The largest absolute Gasteiger partial charge is 0.382 e. The Morgan fingerprint density at radius 1 is 1.29 bits per heavy atom. The summed E-state index contributed by atoms with van der Waals surface area (Å²) in [6.07, 6.45) is 0. The molecule has 0 saturated heterocycles. The van der Waals surface area contributed by atoms with Gasteiger partial charge in [0.05, 0.1) is 0 Å². The molecule has 1 amide bonds. The molecule has 0 aliphatic rings. The molecular weight excluding hydrogens is 284 g/mol. The molecule has 0 fully saturated rings. The topological polar surface area (TPSA) is 80.0 Å². The van der Waals surface area contributed by atoms with Gasteiger partial charge < -0.3 is 16.4 Å². The zero-order valence-corrected chi connectivity index (χ0v) is 13.5. The van der Waals surface area contributed by atoms with Crippen molar-refractivity contribution in [2.24, 2.45) is 0 Å². The monoisotopic (exact) mass is 304 g/mol. The number of rotatable bonds is 4. The second-order valence-electron chi connectivity index (χ2n) is 5.29. The summed E-state index contributed by atoms with van der Waals surface area (Å²) in [5, 5.41) is 6.67. The average molecular weight is 304 g/mol. The fourth-order valence-electron chi connectivity index (χ4n) is 1.81. The summed E-state index contributed by atoms with van der Waals surface area (Å²) in [6.45, 7) is 8.06. The van der Waals surface area contributed by atoms with Gasteiger partial charge in [-0.25, -0.2) is 4.98 Å². The Labute approximate surface area is 128 Å². The third-order valence-corrected chi connectivity index (χ3v) is 4.04. The number of hydrogen-bond acceptors (Lipinski definition) is 5. The van der Waals surface area contributed by atoms with Gasteiger partial charge in [-0.15, -0.1) is 0 Å². The first-order chi connectivity index (χ1) is 9.86. The SMILES string of the molecule is Cc1ccc(NC(=O)c2sc(NC(C)C)nc2N)cc1C. The van der Waals surface area contributed by atoms with Gasteiger partial charge >= 0.3 is 0 Å².